The molecule has 1 aliphatic heterocycles. The third kappa shape index (κ3) is 5.14. The van der Waals surface area contributed by atoms with Crippen LogP contribution in [0.4, 0.5) is 10.5 Å². The topological polar surface area (TPSA) is 89.5 Å². The van der Waals surface area contributed by atoms with E-state index in [1.165, 1.54) is 12.1 Å². The molecule has 2 aromatic rings. The van der Waals surface area contributed by atoms with Crippen LogP contribution in [0.5, 0.6) is 11.5 Å². The lowest BCUT2D eigenvalue weighted by molar-refractivity contribution is -0.133. The Morgan fingerprint density at radius 2 is 1.81 bits per heavy atom. The van der Waals surface area contributed by atoms with Crippen molar-refractivity contribution < 1.29 is 23.8 Å². The summed E-state index contributed by atoms with van der Waals surface area (Å²) in [5, 5.41) is 8.81. The number of hydrogen-bond donors (Lipinski definition) is 1. The first-order chi connectivity index (χ1) is 15.0. The van der Waals surface area contributed by atoms with Gasteiger partial charge in [0.1, 0.15) is 0 Å². The molecule has 2 amide bonds. The Bertz CT molecular complexity index is 972. The van der Waals surface area contributed by atoms with Gasteiger partial charge >= 0.3 is 6.09 Å². The number of benzene rings is 2. The van der Waals surface area contributed by atoms with Crippen LogP contribution in [-0.4, -0.2) is 44.1 Å². The first kappa shape index (κ1) is 22.1. The minimum atomic E-state index is -0.534. The Balaban J connectivity index is 1.85. The predicted molar refractivity (Wildman–Crippen MR) is 118 cm³/mol. The molecule has 0 fully saturated rings. The fraction of sp³-hybridized carbons (Fsp3) is 0.348. The molecular weight excluding hydrogens is 398 g/mol. The van der Waals surface area contributed by atoms with Crippen molar-refractivity contribution in [3.63, 3.8) is 0 Å². The van der Waals surface area contributed by atoms with Gasteiger partial charge in [0.2, 0.25) is 5.91 Å². The van der Waals surface area contributed by atoms with Gasteiger partial charge in [-0.05, 0) is 42.3 Å². The molecule has 2 aromatic carbocycles. The number of hydrazone groups is 1. The number of ether oxygens (including phenoxy) is 3. The average Bonchev–Trinajstić information content (AvgIpc) is 2.80. The molecule has 0 radical (unpaired) electrons. The summed E-state index contributed by atoms with van der Waals surface area (Å²) >= 11 is 0. The second-order valence-corrected chi connectivity index (χ2v) is 7.13. The lowest BCUT2D eigenvalue weighted by atomic mass is 9.89. The Morgan fingerprint density at radius 3 is 2.42 bits per heavy atom. The zero-order valence-corrected chi connectivity index (χ0v) is 18.2. The lowest BCUT2D eigenvalue weighted by Crippen LogP contribution is -2.36. The second-order valence-electron chi connectivity index (χ2n) is 7.13. The van der Waals surface area contributed by atoms with Gasteiger partial charge in [-0.2, -0.15) is 5.10 Å². The summed E-state index contributed by atoms with van der Waals surface area (Å²) in [5.41, 5.74) is 3.27. The summed E-state index contributed by atoms with van der Waals surface area (Å²) in [6.07, 6.45) is 0.667. The van der Waals surface area contributed by atoms with Crippen LogP contribution in [0, 0.1) is 5.92 Å². The zero-order valence-electron chi connectivity index (χ0n) is 18.2. The summed E-state index contributed by atoms with van der Waals surface area (Å²) in [5.74, 6) is 1.28. The first-order valence-electron chi connectivity index (χ1n) is 10.0. The SMILES string of the molecule is CCC1CC(=O)N(Cc2ccc(NC(=O)OC)cc2)N=C1c1ccc(OC)c(OC)c1. The number of methoxy groups -OCH3 is 3. The molecule has 1 atom stereocenters. The number of carbonyl (C=O) groups is 2. The number of nitrogens with one attached hydrogen (secondary N) is 1. The molecule has 0 spiro atoms. The maximum absolute atomic E-state index is 12.7. The Morgan fingerprint density at radius 1 is 1.10 bits per heavy atom. The van der Waals surface area contributed by atoms with Crippen molar-refractivity contribution in [3.05, 3.63) is 53.6 Å². The van der Waals surface area contributed by atoms with Gasteiger partial charge in [0, 0.05) is 23.6 Å². The monoisotopic (exact) mass is 425 g/mol. The van der Waals surface area contributed by atoms with E-state index in [4.69, 9.17) is 14.6 Å². The Labute approximate surface area is 181 Å². The van der Waals surface area contributed by atoms with E-state index in [1.54, 1.807) is 26.4 Å². The molecular formula is C23H27N3O5. The summed E-state index contributed by atoms with van der Waals surface area (Å²) in [7, 11) is 4.50. The molecule has 1 aliphatic rings. The molecule has 31 heavy (non-hydrogen) atoms. The summed E-state index contributed by atoms with van der Waals surface area (Å²) in [4.78, 5) is 24.0. The molecule has 3 rings (SSSR count). The van der Waals surface area contributed by atoms with Crippen LogP contribution >= 0.6 is 0 Å². The van der Waals surface area contributed by atoms with Crippen molar-refractivity contribution in [2.75, 3.05) is 26.6 Å². The molecule has 0 saturated heterocycles. The number of nitrogens with zero attached hydrogens (tertiary/aromatic N) is 2. The molecule has 8 nitrogen and oxygen atoms in total. The third-order valence-corrected chi connectivity index (χ3v) is 5.21. The van der Waals surface area contributed by atoms with Crippen LogP contribution in [0.25, 0.3) is 0 Å². The highest BCUT2D eigenvalue weighted by atomic mass is 16.5. The van der Waals surface area contributed by atoms with Crippen molar-refractivity contribution in [2.45, 2.75) is 26.3 Å². The van der Waals surface area contributed by atoms with Gasteiger partial charge in [-0.25, -0.2) is 9.80 Å². The third-order valence-electron chi connectivity index (χ3n) is 5.21. The van der Waals surface area contributed by atoms with E-state index >= 15 is 0 Å². The smallest absolute Gasteiger partial charge is 0.411 e. The maximum atomic E-state index is 12.7. The number of anilines is 1. The maximum Gasteiger partial charge on any atom is 0.411 e. The Kier molecular flexibility index (Phi) is 7.12. The number of carbonyl (C=O) groups excluding carboxylic acids is 2. The van der Waals surface area contributed by atoms with Crippen LogP contribution in [0.15, 0.2) is 47.6 Å². The highest BCUT2D eigenvalue weighted by Gasteiger charge is 2.29. The average molecular weight is 425 g/mol. The normalized spacial score (nSPS) is 15.9. The predicted octanol–water partition coefficient (Wildman–Crippen LogP) is 4.04. The van der Waals surface area contributed by atoms with E-state index in [2.05, 4.69) is 17.0 Å². The summed E-state index contributed by atoms with van der Waals surface area (Å²) in [6.45, 7) is 2.39. The van der Waals surface area contributed by atoms with Crippen LogP contribution < -0.4 is 14.8 Å². The fourth-order valence-electron chi connectivity index (χ4n) is 3.47. The van der Waals surface area contributed by atoms with Gasteiger partial charge < -0.3 is 14.2 Å². The minimum Gasteiger partial charge on any atom is -0.493 e. The molecule has 8 heteroatoms. The van der Waals surface area contributed by atoms with E-state index in [0.29, 0.717) is 30.2 Å². The van der Waals surface area contributed by atoms with Gasteiger partial charge in [0.15, 0.2) is 11.5 Å². The van der Waals surface area contributed by atoms with Gasteiger partial charge in [0.25, 0.3) is 0 Å². The van der Waals surface area contributed by atoms with Crippen molar-refractivity contribution in [1.29, 1.82) is 0 Å². The van der Waals surface area contributed by atoms with Gasteiger partial charge in [0.05, 0.1) is 33.6 Å². The van der Waals surface area contributed by atoms with E-state index < -0.39 is 6.09 Å². The van der Waals surface area contributed by atoms with E-state index in [9.17, 15) is 9.59 Å². The molecule has 0 saturated carbocycles. The lowest BCUT2D eigenvalue weighted by Gasteiger charge is -2.29. The fourth-order valence-corrected chi connectivity index (χ4v) is 3.47. The van der Waals surface area contributed by atoms with Crippen LogP contribution in [0.3, 0.4) is 0 Å². The number of amides is 2. The van der Waals surface area contributed by atoms with Gasteiger partial charge in [-0.3, -0.25) is 10.1 Å². The van der Waals surface area contributed by atoms with Crippen molar-refractivity contribution >= 4 is 23.4 Å². The molecule has 1 N–H and O–H groups in total. The minimum absolute atomic E-state index is 0.0205. The largest absolute Gasteiger partial charge is 0.493 e. The van der Waals surface area contributed by atoms with Crippen LogP contribution in [0.1, 0.15) is 30.9 Å². The van der Waals surface area contributed by atoms with Gasteiger partial charge in [-0.15, -0.1) is 0 Å². The number of rotatable bonds is 7. The molecule has 1 heterocycles. The van der Waals surface area contributed by atoms with Crippen molar-refractivity contribution in [2.24, 2.45) is 11.0 Å². The summed E-state index contributed by atoms with van der Waals surface area (Å²) < 4.78 is 15.3. The number of hydrogen-bond acceptors (Lipinski definition) is 6. The summed E-state index contributed by atoms with van der Waals surface area (Å²) in [6, 6.07) is 12.9. The van der Waals surface area contributed by atoms with E-state index in [1.807, 2.05) is 30.3 Å². The standard InChI is InChI=1S/C23H27N3O5/c1-5-16-13-21(27)26(14-15-6-9-18(10-7-15)24-23(28)31-4)25-22(16)17-8-11-19(29-2)20(12-17)30-3/h6-12,16H,5,13-14H2,1-4H3,(H,24,28). The van der Waals surface area contributed by atoms with Crippen molar-refractivity contribution in [1.82, 2.24) is 5.01 Å². The highest BCUT2D eigenvalue weighted by molar-refractivity contribution is 6.06. The molecule has 0 aliphatic carbocycles. The Hall–Kier alpha value is -3.55. The zero-order chi connectivity index (χ0) is 22.4. The van der Waals surface area contributed by atoms with E-state index in [-0.39, 0.29) is 11.8 Å². The molecule has 0 aromatic heterocycles. The van der Waals surface area contributed by atoms with Gasteiger partial charge in [-0.1, -0.05) is 19.1 Å². The molecule has 0 bridgehead atoms. The van der Waals surface area contributed by atoms with E-state index in [0.717, 1.165) is 23.3 Å². The molecule has 164 valence electrons. The quantitative estimate of drug-likeness (QED) is 0.723. The first-order valence-corrected chi connectivity index (χ1v) is 10.0. The van der Waals surface area contributed by atoms with Crippen molar-refractivity contribution in [3.8, 4) is 11.5 Å². The highest BCUT2D eigenvalue weighted by Crippen LogP contribution is 2.31. The van der Waals surface area contributed by atoms with Crippen LogP contribution in [0.2, 0.25) is 0 Å². The van der Waals surface area contributed by atoms with Crippen LogP contribution in [-0.2, 0) is 16.1 Å². The second kappa shape index (κ2) is 9.97. The molecule has 1 unspecified atom stereocenters.